The van der Waals surface area contributed by atoms with Crippen LogP contribution in [-0.4, -0.2) is 85.1 Å². The number of hydrogen-bond donors (Lipinski definition) is 7. The summed E-state index contributed by atoms with van der Waals surface area (Å²) in [5.41, 5.74) is 0. The van der Waals surface area contributed by atoms with E-state index >= 15 is 0 Å². The number of hydrogen-bond acceptors (Lipinski definition) is 9. The monoisotopic (exact) mass is 270 g/mol. The lowest BCUT2D eigenvalue weighted by molar-refractivity contribution is -0.218. The number of esters is 1. The number of aliphatic hydroxyl groups is 7. The number of aliphatic hydroxyl groups excluding tert-OH is 7. The van der Waals surface area contributed by atoms with E-state index in [1.54, 1.807) is 0 Å². The second kappa shape index (κ2) is 7.59. The molecule has 0 fully saturated rings. The first-order valence-electron chi connectivity index (χ1n) is 5.12. The Balaban J connectivity index is 4.44. The van der Waals surface area contributed by atoms with Crippen LogP contribution in [0.3, 0.4) is 0 Å². The molecule has 6 atom stereocenters. The highest BCUT2D eigenvalue weighted by Gasteiger charge is 2.36. The summed E-state index contributed by atoms with van der Waals surface area (Å²) in [6.45, 7) is 0.177. The third-order valence-electron chi connectivity index (χ3n) is 2.15. The van der Waals surface area contributed by atoms with E-state index in [-0.39, 0.29) is 0 Å². The van der Waals surface area contributed by atoms with Gasteiger partial charge in [0.05, 0.1) is 6.61 Å². The van der Waals surface area contributed by atoms with Crippen LogP contribution in [0.25, 0.3) is 0 Å². The van der Waals surface area contributed by atoms with Crippen LogP contribution in [0.5, 0.6) is 0 Å². The molecule has 0 aliphatic rings. The summed E-state index contributed by atoms with van der Waals surface area (Å²) in [6.07, 6.45) is -11.6. The summed E-state index contributed by atoms with van der Waals surface area (Å²) in [7, 11) is 0. The first-order valence-corrected chi connectivity index (χ1v) is 5.12. The Labute approximate surface area is 102 Å². The SMILES string of the molecule is CC(O)C(=O)OC(O)[C@H](O)[C@@H](O)[C@H](O)[C@@H](O)CO. The normalized spacial score (nSPS) is 21.6. The molecule has 2 unspecified atom stereocenters. The summed E-state index contributed by atoms with van der Waals surface area (Å²) in [4.78, 5) is 10.9. The van der Waals surface area contributed by atoms with E-state index in [4.69, 9.17) is 15.3 Å². The van der Waals surface area contributed by atoms with Crippen molar-refractivity contribution in [2.45, 2.75) is 43.7 Å². The van der Waals surface area contributed by atoms with E-state index in [2.05, 4.69) is 4.74 Å². The van der Waals surface area contributed by atoms with Gasteiger partial charge in [-0.3, -0.25) is 0 Å². The van der Waals surface area contributed by atoms with Crippen molar-refractivity contribution in [3.05, 3.63) is 0 Å². The van der Waals surface area contributed by atoms with Crippen molar-refractivity contribution in [3.8, 4) is 0 Å². The lowest BCUT2D eigenvalue weighted by atomic mass is 10.0. The molecule has 0 amide bonds. The first kappa shape index (κ1) is 17.2. The molecular formula is C9H18O9. The Morgan fingerprint density at radius 2 is 1.50 bits per heavy atom. The lowest BCUT2D eigenvalue weighted by Crippen LogP contribution is -2.51. The molecule has 18 heavy (non-hydrogen) atoms. The standard InChI is InChI=1S/C9H18O9/c1-3(11)8(16)18-9(17)7(15)6(14)5(13)4(12)2-10/h3-7,9-15,17H,2H2,1H3/t3?,4-,5+,6-,7+,9?/m0/s1. The Bertz CT molecular complexity index is 256. The van der Waals surface area contributed by atoms with E-state index in [1.165, 1.54) is 0 Å². The average molecular weight is 270 g/mol. The molecule has 108 valence electrons. The molecule has 0 heterocycles. The Hall–Kier alpha value is -0.810. The van der Waals surface area contributed by atoms with Crippen molar-refractivity contribution in [1.29, 1.82) is 0 Å². The second-order valence-electron chi connectivity index (χ2n) is 3.73. The molecule has 9 heteroatoms. The molecule has 0 aromatic carbocycles. The zero-order chi connectivity index (χ0) is 14.5. The average Bonchev–Trinajstić information content (AvgIpc) is 2.34. The number of ether oxygens (including phenoxy) is 1. The second-order valence-corrected chi connectivity index (χ2v) is 3.73. The zero-order valence-electron chi connectivity index (χ0n) is 9.62. The minimum Gasteiger partial charge on any atom is -0.431 e. The minimum absolute atomic E-state index is 0.880. The van der Waals surface area contributed by atoms with Gasteiger partial charge < -0.3 is 40.5 Å². The summed E-state index contributed by atoms with van der Waals surface area (Å²) in [5.74, 6) is -1.24. The molecule has 0 rings (SSSR count). The van der Waals surface area contributed by atoms with E-state index < -0.39 is 49.4 Å². The molecule has 7 N–H and O–H groups in total. The van der Waals surface area contributed by atoms with Crippen LogP contribution < -0.4 is 0 Å². The van der Waals surface area contributed by atoms with Crippen molar-refractivity contribution in [3.63, 3.8) is 0 Å². The van der Waals surface area contributed by atoms with Gasteiger partial charge in [-0.1, -0.05) is 0 Å². The molecule has 0 radical (unpaired) electrons. The maximum absolute atomic E-state index is 10.9. The number of rotatable bonds is 7. The van der Waals surface area contributed by atoms with E-state index in [1.807, 2.05) is 0 Å². The summed E-state index contributed by atoms with van der Waals surface area (Å²) < 4.78 is 4.16. The Morgan fingerprint density at radius 3 is 1.89 bits per heavy atom. The number of carbonyl (C=O) groups is 1. The molecule has 0 spiro atoms. The van der Waals surface area contributed by atoms with E-state index in [0.29, 0.717) is 0 Å². The predicted molar refractivity (Wildman–Crippen MR) is 54.9 cm³/mol. The van der Waals surface area contributed by atoms with Gasteiger partial charge in [0.2, 0.25) is 6.29 Å². The molecule has 0 aliphatic carbocycles. The van der Waals surface area contributed by atoms with Gasteiger partial charge in [0.25, 0.3) is 0 Å². The van der Waals surface area contributed by atoms with Gasteiger partial charge in [0.15, 0.2) is 0 Å². The maximum Gasteiger partial charge on any atom is 0.337 e. The molecule has 0 saturated heterocycles. The van der Waals surface area contributed by atoms with Crippen LogP contribution in [0.4, 0.5) is 0 Å². The van der Waals surface area contributed by atoms with Gasteiger partial charge in [-0.25, -0.2) is 4.79 Å². The predicted octanol–water partition coefficient (Wildman–Crippen LogP) is -4.34. The van der Waals surface area contributed by atoms with Crippen LogP contribution in [0.2, 0.25) is 0 Å². The van der Waals surface area contributed by atoms with Crippen LogP contribution in [-0.2, 0) is 9.53 Å². The van der Waals surface area contributed by atoms with Gasteiger partial charge in [-0.2, -0.15) is 0 Å². The molecular weight excluding hydrogens is 252 g/mol. The van der Waals surface area contributed by atoms with Crippen molar-refractivity contribution in [1.82, 2.24) is 0 Å². The van der Waals surface area contributed by atoms with Gasteiger partial charge in [0.1, 0.15) is 30.5 Å². The van der Waals surface area contributed by atoms with Crippen molar-refractivity contribution < 1.29 is 45.3 Å². The summed E-state index contributed by atoms with van der Waals surface area (Å²) >= 11 is 0. The van der Waals surface area contributed by atoms with Gasteiger partial charge in [-0.15, -0.1) is 0 Å². The van der Waals surface area contributed by atoms with E-state index in [0.717, 1.165) is 6.92 Å². The molecule has 0 aliphatic heterocycles. The number of carbonyl (C=O) groups excluding carboxylic acids is 1. The highest BCUT2D eigenvalue weighted by atomic mass is 16.7. The van der Waals surface area contributed by atoms with Crippen LogP contribution >= 0.6 is 0 Å². The topological polar surface area (TPSA) is 168 Å². The lowest BCUT2D eigenvalue weighted by Gasteiger charge is -2.28. The van der Waals surface area contributed by atoms with Crippen molar-refractivity contribution >= 4 is 5.97 Å². The van der Waals surface area contributed by atoms with Crippen molar-refractivity contribution in [2.24, 2.45) is 0 Å². The van der Waals surface area contributed by atoms with Gasteiger partial charge >= 0.3 is 5.97 Å². The highest BCUT2D eigenvalue weighted by Crippen LogP contribution is 2.10. The van der Waals surface area contributed by atoms with Crippen LogP contribution in [0, 0.1) is 0 Å². The largest absolute Gasteiger partial charge is 0.431 e. The third-order valence-corrected chi connectivity index (χ3v) is 2.15. The minimum atomic E-state index is -2.21. The zero-order valence-corrected chi connectivity index (χ0v) is 9.62. The maximum atomic E-state index is 10.9. The Kier molecular flexibility index (Phi) is 7.25. The molecule has 0 aromatic heterocycles. The first-order chi connectivity index (χ1) is 8.22. The fraction of sp³-hybridized carbons (Fsp3) is 0.889. The molecule has 9 nitrogen and oxygen atoms in total. The molecule has 0 saturated carbocycles. The van der Waals surface area contributed by atoms with Crippen LogP contribution in [0.15, 0.2) is 0 Å². The molecule has 0 aromatic rings. The van der Waals surface area contributed by atoms with Gasteiger partial charge in [-0.05, 0) is 6.92 Å². The fourth-order valence-electron chi connectivity index (χ4n) is 0.993. The van der Waals surface area contributed by atoms with Gasteiger partial charge in [0, 0.05) is 0 Å². The summed E-state index contributed by atoms with van der Waals surface area (Å²) in [5, 5.41) is 63.3. The van der Waals surface area contributed by atoms with E-state index in [9.17, 15) is 25.2 Å². The quantitative estimate of drug-likeness (QED) is 0.178. The fourth-order valence-corrected chi connectivity index (χ4v) is 0.993. The summed E-state index contributed by atoms with van der Waals surface area (Å²) in [6, 6.07) is 0. The smallest absolute Gasteiger partial charge is 0.337 e. The third kappa shape index (κ3) is 4.82. The molecule has 0 bridgehead atoms. The van der Waals surface area contributed by atoms with Crippen LogP contribution in [0.1, 0.15) is 6.92 Å². The highest BCUT2D eigenvalue weighted by molar-refractivity contribution is 5.73. The Morgan fingerprint density at radius 1 is 1.00 bits per heavy atom. The van der Waals surface area contributed by atoms with Crippen molar-refractivity contribution in [2.75, 3.05) is 6.61 Å².